The zero-order valence-electron chi connectivity index (χ0n) is 14.8. The van der Waals surface area contributed by atoms with E-state index in [0.29, 0.717) is 6.42 Å². The quantitative estimate of drug-likeness (QED) is 0.843. The van der Waals surface area contributed by atoms with E-state index in [1.165, 1.54) is 13.2 Å². The van der Waals surface area contributed by atoms with Gasteiger partial charge in [-0.05, 0) is 49.0 Å². The standard InChI is InChI=1S/C19H22FN3O3/c1-26-9-8-18(24)21-17-11-12(6-7-15(17)20)10-16-13-4-2-3-5-14(13)19(25)23-22-16/h6-7,11,16H,2-5,8-10H2,1H3,(H,21,24). The second-order valence-electron chi connectivity index (χ2n) is 6.56. The van der Waals surface area contributed by atoms with E-state index in [1.54, 1.807) is 12.1 Å². The van der Waals surface area contributed by atoms with Crippen molar-refractivity contribution in [3.05, 3.63) is 40.7 Å². The summed E-state index contributed by atoms with van der Waals surface area (Å²) in [4.78, 5) is 23.7. The molecule has 1 aliphatic heterocycles. The minimum Gasteiger partial charge on any atom is -0.384 e. The first-order valence-electron chi connectivity index (χ1n) is 8.83. The van der Waals surface area contributed by atoms with Crippen molar-refractivity contribution in [2.24, 2.45) is 10.2 Å². The molecule has 1 aromatic rings. The maximum Gasteiger partial charge on any atom is 0.291 e. The van der Waals surface area contributed by atoms with Crippen LogP contribution in [-0.4, -0.2) is 31.6 Å². The van der Waals surface area contributed by atoms with Crippen LogP contribution in [0.4, 0.5) is 10.1 Å². The summed E-state index contributed by atoms with van der Waals surface area (Å²) in [6, 6.07) is 4.44. The lowest BCUT2D eigenvalue weighted by Crippen LogP contribution is -2.23. The third-order valence-corrected chi connectivity index (χ3v) is 4.73. The van der Waals surface area contributed by atoms with Crippen LogP contribution in [-0.2, 0) is 20.7 Å². The Hall–Kier alpha value is -2.41. The highest BCUT2D eigenvalue weighted by molar-refractivity contribution is 5.95. The normalized spacial score (nSPS) is 19.5. The van der Waals surface area contributed by atoms with Crippen LogP contribution in [0, 0.1) is 5.82 Å². The summed E-state index contributed by atoms with van der Waals surface area (Å²) >= 11 is 0. The van der Waals surface area contributed by atoms with Crippen molar-refractivity contribution in [1.82, 2.24) is 0 Å². The number of nitrogens with zero attached hydrogens (tertiary/aromatic N) is 2. The number of hydrogen-bond donors (Lipinski definition) is 1. The molecule has 0 saturated heterocycles. The number of methoxy groups -OCH3 is 1. The molecule has 2 amide bonds. The van der Waals surface area contributed by atoms with Gasteiger partial charge in [0, 0.05) is 19.1 Å². The van der Waals surface area contributed by atoms with Gasteiger partial charge >= 0.3 is 0 Å². The third kappa shape index (κ3) is 4.22. The zero-order chi connectivity index (χ0) is 18.5. The number of ether oxygens (including phenoxy) is 1. The van der Waals surface area contributed by atoms with Crippen LogP contribution in [0.15, 0.2) is 39.6 Å². The molecule has 1 heterocycles. The number of amides is 2. The SMILES string of the molecule is COCCC(=O)Nc1cc(CC2N=NC(=O)C3=C2CCCC3)ccc1F. The predicted octanol–water partition coefficient (Wildman–Crippen LogP) is 3.57. The van der Waals surface area contributed by atoms with Crippen molar-refractivity contribution in [2.45, 2.75) is 44.6 Å². The summed E-state index contributed by atoms with van der Waals surface area (Å²) in [5, 5.41) is 10.5. The number of carbonyl (C=O) groups is 2. The van der Waals surface area contributed by atoms with Crippen LogP contribution in [0.2, 0.25) is 0 Å². The highest BCUT2D eigenvalue weighted by Gasteiger charge is 2.29. The van der Waals surface area contributed by atoms with Gasteiger partial charge in [0.25, 0.3) is 5.91 Å². The van der Waals surface area contributed by atoms with E-state index in [4.69, 9.17) is 4.74 Å². The molecule has 26 heavy (non-hydrogen) atoms. The average Bonchev–Trinajstić information content (AvgIpc) is 2.65. The van der Waals surface area contributed by atoms with Crippen LogP contribution < -0.4 is 5.32 Å². The molecule has 3 rings (SSSR count). The Morgan fingerprint density at radius 3 is 2.96 bits per heavy atom. The van der Waals surface area contributed by atoms with E-state index < -0.39 is 5.82 Å². The van der Waals surface area contributed by atoms with Crippen molar-refractivity contribution in [3.8, 4) is 0 Å². The first kappa shape index (κ1) is 18.4. The van der Waals surface area contributed by atoms with E-state index in [-0.39, 0.29) is 36.6 Å². The Balaban J connectivity index is 1.75. The number of carbonyl (C=O) groups excluding carboxylic acids is 2. The lowest BCUT2D eigenvalue weighted by Gasteiger charge is -2.25. The number of hydrogen-bond acceptors (Lipinski definition) is 4. The van der Waals surface area contributed by atoms with Gasteiger partial charge in [0.1, 0.15) is 5.82 Å². The minimum atomic E-state index is -0.488. The molecule has 7 heteroatoms. The summed E-state index contributed by atoms with van der Waals surface area (Å²) in [6.07, 6.45) is 4.34. The predicted molar refractivity (Wildman–Crippen MR) is 94.4 cm³/mol. The van der Waals surface area contributed by atoms with Crippen molar-refractivity contribution in [3.63, 3.8) is 0 Å². The molecule has 138 valence electrons. The summed E-state index contributed by atoms with van der Waals surface area (Å²) in [5.41, 5.74) is 2.84. The topological polar surface area (TPSA) is 80.1 Å². The fraction of sp³-hybridized carbons (Fsp3) is 0.474. The van der Waals surface area contributed by atoms with E-state index in [9.17, 15) is 14.0 Å². The van der Waals surface area contributed by atoms with Gasteiger partial charge < -0.3 is 10.1 Å². The molecular weight excluding hydrogens is 337 g/mol. The van der Waals surface area contributed by atoms with E-state index in [1.807, 2.05) is 0 Å². The van der Waals surface area contributed by atoms with E-state index in [0.717, 1.165) is 42.4 Å². The maximum atomic E-state index is 14.0. The Bertz CT molecular complexity index is 773. The van der Waals surface area contributed by atoms with Crippen LogP contribution in [0.5, 0.6) is 0 Å². The molecule has 0 spiro atoms. The van der Waals surface area contributed by atoms with Gasteiger partial charge in [0.15, 0.2) is 0 Å². The molecule has 1 aliphatic carbocycles. The van der Waals surface area contributed by atoms with Gasteiger partial charge in [0.2, 0.25) is 5.91 Å². The summed E-state index contributed by atoms with van der Waals surface area (Å²) < 4.78 is 18.9. The fourth-order valence-electron chi connectivity index (χ4n) is 3.38. The molecular formula is C19H22FN3O3. The van der Waals surface area contributed by atoms with Gasteiger partial charge in [-0.2, -0.15) is 5.11 Å². The zero-order valence-corrected chi connectivity index (χ0v) is 14.8. The van der Waals surface area contributed by atoms with Crippen LogP contribution in [0.3, 0.4) is 0 Å². The van der Waals surface area contributed by atoms with E-state index >= 15 is 0 Å². The molecule has 0 saturated carbocycles. The molecule has 1 atom stereocenters. The molecule has 2 aliphatic rings. The Labute approximate surface area is 151 Å². The summed E-state index contributed by atoms with van der Waals surface area (Å²) in [6.45, 7) is 0.278. The fourth-order valence-corrected chi connectivity index (χ4v) is 3.38. The first-order chi connectivity index (χ1) is 12.6. The van der Waals surface area contributed by atoms with Crippen molar-refractivity contribution in [1.29, 1.82) is 0 Å². The maximum absolute atomic E-state index is 14.0. The lowest BCUT2D eigenvalue weighted by atomic mass is 9.84. The van der Waals surface area contributed by atoms with Gasteiger partial charge in [0.05, 0.1) is 24.8 Å². The molecule has 0 fully saturated rings. The monoisotopic (exact) mass is 359 g/mol. The highest BCUT2D eigenvalue weighted by atomic mass is 19.1. The van der Waals surface area contributed by atoms with Crippen LogP contribution in [0.25, 0.3) is 0 Å². The molecule has 1 unspecified atom stereocenters. The molecule has 0 radical (unpaired) electrons. The van der Waals surface area contributed by atoms with Gasteiger partial charge in [-0.3, -0.25) is 9.59 Å². The van der Waals surface area contributed by atoms with Crippen molar-refractivity contribution < 1.29 is 18.7 Å². The molecule has 0 bridgehead atoms. The van der Waals surface area contributed by atoms with Crippen molar-refractivity contribution >= 4 is 17.5 Å². The molecule has 0 aromatic heterocycles. The third-order valence-electron chi connectivity index (χ3n) is 4.73. The number of nitrogens with one attached hydrogen (secondary N) is 1. The second-order valence-corrected chi connectivity index (χ2v) is 6.56. The number of anilines is 1. The van der Waals surface area contributed by atoms with Crippen LogP contribution in [0.1, 0.15) is 37.7 Å². The second kappa shape index (κ2) is 8.31. The highest BCUT2D eigenvalue weighted by Crippen LogP contribution is 2.34. The Kier molecular flexibility index (Phi) is 5.88. The van der Waals surface area contributed by atoms with Gasteiger partial charge in [-0.1, -0.05) is 6.07 Å². The molecule has 6 nitrogen and oxygen atoms in total. The van der Waals surface area contributed by atoms with Gasteiger partial charge in [-0.15, -0.1) is 5.11 Å². The first-order valence-corrected chi connectivity index (χ1v) is 8.83. The lowest BCUT2D eigenvalue weighted by molar-refractivity contribution is -0.117. The largest absolute Gasteiger partial charge is 0.384 e. The smallest absolute Gasteiger partial charge is 0.291 e. The minimum absolute atomic E-state index is 0.144. The summed E-state index contributed by atoms with van der Waals surface area (Å²) in [7, 11) is 1.51. The van der Waals surface area contributed by atoms with E-state index in [2.05, 4.69) is 15.5 Å². The Morgan fingerprint density at radius 1 is 1.35 bits per heavy atom. The molecule has 1 aromatic carbocycles. The average molecular weight is 359 g/mol. The van der Waals surface area contributed by atoms with Gasteiger partial charge in [-0.25, -0.2) is 4.39 Å². The Morgan fingerprint density at radius 2 is 2.15 bits per heavy atom. The number of azo groups is 1. The number of halogens is 1. The van der Waals surface area contributed by atoms with Crippen molar-refractivity contribution in [2.75, 3.05) is 19.0 Å². The number of benzene rings is 1. The molecule has 1 N–H and O–H groups in total. The van der Waals surface area contributed by atoms with Crippen LogP contribution >= 0.6 is 0 Å². The summed E-state index contributed by atoms with van der Waals surface area (Å²) in [5.74, 6) is -1.01. The number of rotatable bonds is 6.